The van der Waals surface area contributed by atoms with Gasteiger partial charge in [-0.25, -0.2) is 4.79 Å². The van der Waals surface area contributed by atoms with Gasteiger partial charge in [0.15, 0.2) is 0 Å². The third-order valence-electron chi connectivity index (χ3n) is 5.12. The van der Waals surface area contributed by atoms with Crippen LogP contribution in [0, 0.1) is 17.2 Å². The molecule has 2 aliphatic rings. The minimum Gasteiger partial charge on any atom is -0.379 e. The van der Waals surface area contributed by atoms with Crippen LogP contribution in [0.3, 0.4) is 0 Å². The molecular weight excluding hydrogens is 316 g/mol. The molecule has 1 N–H and O–H groups in total. The Balaban J connectivity index is 1.46. The number of likely N-dealkylation sites (tertiary alicyclic amines) is 1. The fourth-order valence-corrected chi connectivity index (χ4v) is 3.72. The monoisotopic (exact) mass is 342 g/mol. The van der Waals surface area contributed by atoms with E-state index in [9.17, 15) is 4.79 Å². The predicted octanol–water partition coefficient (Wildman–Crippen LogP) is 1.46. The van der Waals surface area contributed by atoms with Crippen molar-refractivity contribution in [3.63, 3.8) is 0 Å². The maximum atomic E-state index is 12.5. The molecule has 0 bridgehead atoms. The van der Waals surface area contributed by atoms with Gasteiger partial charge < -0.3 is 15.0 Å². The number of nitriles is 1. The molecule has 1 aromatic carbocycles. The summed E-state index contributed by atoms with van der Waals surface area (Å²) in [6.07, 6.45) is 0.734. The minimum absolute atomic E-state index is 0.0130. The molecule has 0 aromatic heterocycles. The van der Waals surface area contributed by atoms with Crippen molar-refractivity contribution < 1.29 is 9.53 Å². The summed E-state index contributed by atoms with van der Waals surface area (Å²) in [4.78, 5) is 16.8. The Morgan fingerprint density at radius 3 is 2.92 bits per heavy atom. The van der Waals surface area contributed by atoms with Gasteiger partial charge in [0.25, 0.3) is 0 Å². The van der Waals surface area contributed by atoms with Crippen LogP contribution in [0.25, 0.3) is 0 Å². The SMILES string of the molecule is C[C@H]1CN(C(=O)NCCc2cccc(C#N)c2)C[C@@H]1N1CCOCC1. The van der Waals surface area contributed by atoms with Gasteiger partial charge in [0.05, 0.1) is 24.8 Å². The first-order valence-electron chi connectivity index (χ1n) is 9.01. The Morgan fingerprint density at radius 2 is 2.16 bits per heavy atom. The van der Waals surface area contributed by atoms with E-state index in [4.69, 9.17) is 10.00 Å². The second-order valence-electron chi connectivity index (χ2n) is 6.89. The van der Waals surface area contributed by atoms with Gasteiger partial charge in [-0.05, 0) is 30.0 Å². The van der Waals surface area contributed by atoms with Crippen molar-refractivity contribution in [1.82, 2.24) is 15.1 Å². The number of nitrogens with zero attached hydrogens (tertiary/aromatic N) is 3. The highest BCUT2D eigenvalue weighted by molar-refractivity contribution is 5.74. The largest absolute Gasteiger partial charge is 0.379 e. The summed E-state index contributed by atoms with van der Waals surface area (Å²) < 4.78 is 5.43. The standard InChI is InChI=1S/C19H26N4O2/c1-15-13-23(14-18(15)22-7-9-25-10-8-22)19(24)21-6-5-16-3-2-4-17(11-16)12-20/h2-4,11,15,18H,5-10,13-14H2,1H3,(H,21,24)/t15-,18-/m0/s1. The van der Waals surface area contributed by atoms with Crippen LogP contribution in [0.2, 0.25) is 0 Å². The first-order chi connectivity index (χ1) is 12.2. The lowest BCUT2D eigenvalue weighted by molar-refractivity contribution is 0.0123. The van der Waals surface area contributed by atoms with Crippen molar-refractivity contribution in [3.05, 3.63) is 35.4 Å². The number of ether oxygens (including phenoxy) is 1. The van der Waals surface area contributed by atoms with Crippen molar-refractivity contribution in [2.24, 2.45) is 5.92 Å². The van der Waals surface area contributed by atoms with Crippen molar-refractivity contribution in [2.75, 3.05) is 45.9 Å². The topological polar surface area (TPSA) is 68.6 Å². The van der Waals surface area contributed by atoms with Gasteiger partial charge in [0, 0.05) is 38.8 Å². The van der Waals surface area contributed by atoms with Gasteiger partial charge >= 0.3 is 6.03 Å². The summed E-state index contributed by atoms with van der Waals surface area (Å²) in [5.41, 5.74) is 1.73. The number of carbonyl (C=O) groups excluding carboxylic acids is 1. The molecule has 0 radical (unpaired) electrons. The van der Waals surface area contributed by atoms with E-state index >= 15 is 0 Å². The van der Waals surface area contributed by atoms with E-state index in [1.54, 1.807) is 6.07 Å². The van der Waals surface area contributed by atoms with Crippen LogP contribution >= 0.6 is 0 Å². The summed E-state index contributed by atoms with van der Waals surface area (Å²) in [6, 6.07) is 10.1. The molecule has 2 amide bonds. The number of nitrogens with one attached hydrogen (secondary N) is 1. The van der Waals surface area contributed by atoms with E-state index in [-0.39, 0.29) is 6.03 Å². The fourth-order valence-electron chi connectivity index (χ4n) is 3.72. The molecule has 6 nitrogen and oxygen atoms in total. The molecule has 0 saturated carbocycles. The lowest BCUT2D eigenvalue weighted by Gasteiger charge is -2.33. The molecular formula is C19H26N4O2. The number of amides is 2. The summed E-state index contributed by atoms with van der Waals surface area (Å²) in [5, 5.41) is 12.0. The maximum absolute atomic E-state index is 12.5. The molecule has 2 fully saturated rings. The molecule has 0 aliphatic carbocycles. The van der Waals surface area contributed by atoms with Crippen LogP contribution in [0.15, 0.2) is 24.3 Å². The number of morpholine rings is 1. The lowest BCUT2D eigenvalue weighted by atomic mass is 10.0. The molecule has 2 saturated heterocycles. The number of rotatable bonds is 4. The number of hydrogen-bond donors (Lipinski definition) is 1. The summed E-state index contributed by atoms with van der Waals surface area (Å²) in [6.45, 7) is 7.89. The highest BCUT2D eigenvalue weighted by atomic mass is 16.5. The zero-order valence-electron chi connectivity index (χ0n) is 14.8. The average Bonchev–Trinajstić information content (AvgIpc) is 3.04. The maximum Gasteiger partial charge on any atom is 0.317 e. The van der Waals surface area contributed by atoms with E-state index in [1.165, 1.54) is 0 Å². The molecule has 25 heavy (non-hydrogen) atoms. The normalized spacial score (nSPS) is 24.1. The van der Waals surface area contributed by atoms with Gasteiger partial charge in [-0.15, -0.1) is 0 Å². The van der Waals surface area contributed by atoms with Gasteiger partial charge in [-0.1, -0.05) is 19.1 Å². The van der Waals surface area contributed by atoms with Crippen LogP contribution in [-0.4, -0.2) is 67.8 Å². The molecule has 0 unspecified atom stereocenters. The molecule has 6 heteroatoms. The Bertz CT molecular complexity index is 637. The first-order valence-corrected chi connectivity index (χ1v) is 9.01. The van der Waals surface area contributed by atoms with Crippen LogP contribution in [-0.2, 0) is 11.2 Å². The second-order valence-corrected chi connectivity index (χ2v) is 6.89. The third-order valence-corrected chi connectivity index (χ3v) is 5.12. The van der Waals surface area contributed by atoms with E-state index < -0.39 is 0 Å². The predicted molar refractivity (Wildman–Crippen MR) is 95.2 cm³/mol. The van der Waals surface area contributed by atoms with Crippen molar-refractivity contribution in [2.45, 2.75) is 19.4 Å². The number of hydrogen-bond acceptors (Lipinski definition) is 4. The van der Waals surface area contributed by atoms with E-state index in [2.05, 4.69) is 23.2 Å². The minimum atomic E-state index is 0.0130. The highest BCUT2D eigenvalue weighted by Crippen LogP contribution is 2.22. The summed E-state index contributed by atoms with van der Waals surface area (Å²) in [5.74, 6) is 0.483. The van der Waals surface area contributed by atoms with Gasteiger partial charge in [0.1, 0.15) is 0 Å². The highest BCUT2D eigenvalue weighted by Gasteiger charge is 2.36. The molecule has 2 atom stereocenters. The Kier molecular flexibility index (Phi) is 5.90. The van der Waals surface area contributed by atoms with Crippen LogP contribution in [0.1, 0.15) is 18.1 Å². The number of urea groups is 1. The Labute approximate surface area is 149 Å². The smallest absolute Gasteiger partial charge is 0.317 e. The summed E-state index contributed by atoms with van der Waals surface area (Å²) >= 11 is 0. The molecule has 2 aliphatic heterocycles. The quantitative estimate of drug-likeness (QED) is 0.899. The molecule has 3 rings (SSSR count). The van der Waals surface area contributed by atoms with Crippen LogP contribution in [0.5, 0.6) is 0 Å². The molecule has 1 aromatic rings. The van der Waals surface area contributed by atoms with Crippen molar-refractivity contribution in [1.29, 1.82) is 5.26 Å². The average molecular weight is 342 g/mol. The van der Waals surface area contributed by atoms with E-state index in [0.29, 0.717) is 24.1 Å². The van der Waals surface area contributed by atoms with Crippen molar-refractivity contribution in [3.8, 4) is 6.07 Å². The van der Waals surface area contributed by atoms with E-state index in [1.807, 2.05) is 23.1 Å². The van der Waals surface area contributed by atoms with E-state index in [0.717, 1.165) is 51.4 Å². The Hall–Kier alpha value is -2.10. The number of benzene rings is 1. The lowest BCUT2D eigenvalue weighted by Crippen LogP contribution is -2.47. The van der Waals surface area contributed by atoms with Gasteiger partial charge in [0.2, 0.25) is 0 Å². The summed E-state index contributed by atoms with van der Waals surface area (Å²) in [7, 11) is 0. The fraction of sp³-hybridized carbons (Fsp3) is 0.579. The van der Waals surface area contributed by atoms with Gasteiger partial charge in [-0.2, -0.15) is 5.26 Å². The molecule has 0 spiro atoms. The molecule has 134 valence electrons. The first kappa shape index (κ1) is 17.7. The zero-order valence-corrected chi connectivity index (χ0v) is 14.8. The zero-order chi connectivity index (χ0) is 17.6. The third kappa shape index (κ3) is 4.50. The second kappa shape index (κ2) is 8.32. The van der Waals surface area contributed by atoms with Crippen molar-refractivity contribution >= 4 is 6.03 Å². The van der Waals surface area contributed by atoms with Crippen LogP contribution < -0.4 is 5.32 Å². The molecule has 2 heterocycles. The van der Waals surface area contributed by atoms with Gasteiger partial charge in [-0.3, -0.25) is 4.90 Å². The van der Waals surface area contributed by atoms with Crippen LogP contribution in [0.4, 0.5) is 4.79 Å². The Morgan fingerprint density at radius 1 is 1.36 bits per heavy atom. The number of carbonyl (C=O) groups is 1.